The maximum atomic E-state index is 9.45. The van der Waals surface area contributed by atoms with Crippen molar-refractivity contribution in [3.63, 3.8) is 0 Å². The third-order valence-corrected chi connectivity index (χ3v) is 3.15. The van der Waals surface area contributed by atoms with Crippen LogP contribution < -0.4 is 19.6 Å². The van der Waals surface area contributed by atoms with Gasteiger partial charge >= 0.3 is 21.7 Å². The van der Waals surface area contributed by atoms with E-state index in [1.807, 2.05) is 0 Å². The summed E-state index contributed by atoms with van der Waals surface area (Å²) in [6.45, 7) is 7.51. The molecule has 0 spiro atoms. The Morgan fingerprint density at radius 2 is 0.640 bits per heavy atom. The Bertz CT molecular complexity index is 281. The smallest absolute Gasteiger partial charge is 0.781 e. The fourth-order valence-corrected chi connectivity index (χ4v) is 1.41. The molecule has 0 N–H and O–H groups in total. The second kappa shape index (κ2) is 32.9. The minimum absolute atomic E-state index is 0. The minimum atomic E-state index is -2.89. The van der Waals surface area contributed by atoms with E-state index >= 15 is 0 Å². The summed E-state index contributed by atoms with van der Waals surface area (Å²) in [5.74, 6) is 0. The Labute approximate surface area is 164 Å². The van der Waals surface area contributed by atoms with E-state index in [2.05, 4.69) is 18.1 Å². The first kappa shape index (κ1) is 37.1. The van der Waals surface area contributed by atoms with Gasteiger partial charge in [0.1, 0.15) is 33.0 Å². The van der Waals surface area contributed by atoms with Gasteiger partial charge in [-0.3, -0.25) is 0 Å². The molecule has 0 aliphatic carbocycles. The molecule has 25 heavy (non-hydrogen) atoms. The first-order valence-corrected chi connectivity index (χ1v) is 11.3. The summed E-state index contributed by atoms with van der Waals surface area (Å²) in [7, 11) is -11.5. The van der Waals surface area contributed by atoms with Crippen molar-refractivity contribution in [1.82, 2.24) is 0 Å². The summed E-state index contributed by atoms with van der Waals surface area (Å²) in [6.07, 6.45) is 0. The normalized spacial score (nSPS) is 13.8. The summed E-state index contributed by atoms with van der Waals surface area (Å²) in [5, 5.41) is 0. The molecule has 0 saturated heterocycles. The van der Waals surface area contributed by atoms with E-state index in [9.17, 15) is 37.8 Å². The zero-order chi connectivity index (χ0) is 20.0. The van der Waals surface area contributed by atoms with E-state index in [0.29, 0.717) is 0 Å². The van der Waals surface area contributed by atoms with Crippen LogP contribution in [0.5, 0.6) is 0 Å². The zero-order valence-electron chi connectivity index (χ0n) is 14.2. The second-order valence-corrected chi connectivity index (χ2v) is 5.89. The molecule has 0 amide bonds. The van der Waals surface area contributed by atoms with Crippen LogP contribution in [0.15, 0.2) is 0 Å². The predicted molar refractivity (Wildman–Crippen MR) is 82.5 cm³/mol. The van der Waals surface area contributed by atoms with E-state index in [1.165, 1.54) is 0 Å². The molecule has 0 saturated carbocycles. The fraction of sp³-hybridized carbons (Fsp3) is 1.00. The molecular weight excluding hydrogens is 460 g/mol. The van der Waals surface area contributed by atoms with Crippen molar-refractivity contribution in [3.05, 3.63) is 0 Å². The topological polar surface area (TPSA) is 197 Å². The number of hydrogen-bond donors (Lipinski definition) is 0. The summed E-state index contributed by atoms with van der Waals surface area (Å²) >= 11 is 0. The fourth-order valence-electron chi connectivity index (χ4n) is 0.471. The van der Waals surface area contributed by atoms with Crippen LogP contribution in [0.1, 0.15) is 27.7 Å². The van der Waals surface area contributed by atoms with Crippen LogP contribution in [-0.4, -0.2) is 26.4 Å². The Balaban J connectivity index is -0.0000000702. The van der Waals surface area contributed by atoms with Gasteiger partial charge in [0.2, 0.25) is 0 Å². The maximum absolute atomic E-state index is 9.45. The van der Waals surface area contributed by atoms with Gasteiger partial charge in [0.15, 0.2) is 0 Å². The van der Waals surface area contributed by atoms with Crippen molar-refractivity contribution < 1.29 is 77.6 Å². The molecule has 0 bridgehead atoms. The van der Waals surface area contributed by atoms with Gasteiger partial charge < -0.3 is 55.9 Å². The van der Waals surface area contributed by atoms with Gasteiger partial charge in [0, 0.05) is 26.4 Å². The van der Waals surface area contributed by atoms with Crippen molar-refractivity contribution in [1.29, 1.82) is 0 Å². The molecule has 17 heteroatoms. The predicted octanol–water partition coefficient (Wildman–Crippen LogP) is -0.911. The zero-order valence-corrected chi connectivity index (χ0v) is 19.8. The van der Waals surface area contributed by atoms with Gasteiger partial charge in [-0.25, -0.2) is 0 Å². The molecule has 4 unspecified atom stereocenters. The second-order valence-electron chi connectivity index (χ2n) is 2.73. The van der Waals surface area contributed by atoms with E-state index in [-0.39, 0.29) is 48.1 Å². The van der Waals surface area contributed by atoms with Crippen molar-refractivity contribution in [3.8, 4) is 0 Å². The van der Waals surface area contributed by atoms with Crippen LogP contribution in [0.4, 0.5) is 0 Å². The van der Waals surface area contributed by atoms with Gasteiger partial charge in [0.05, 0.1) is 0 Å². The van der Waals surface area contributed by atoms with E-state index in [4.69, 9.17) is 0 Å². The molecule has 0 aromatic carbocycles. The molecule has 0 radical (unpaired) electrons. The molecule has 0 aromatic rings. The third-order valence-electron chi connectivity index (χ3n) is 1.05. The SMILES string of the molecule is CCO[PH](=O)[O-].CCO[PH](=O)[O-].CCO[PH](=O)[O-].CCO[PH](=O)[O-].[Ti+4]. The van der Waals surface area contributed by atoms with Crippen LogP contribution in [0.2, 0.25) is 0 Å². The number of rotatable bonds is 8. The van der Waals surface area contributed by atoms with Crippen molar-refractivity contribution in [2.75, 3.05) is 26.4 Å². The number of hydrogen-bond acceptors (Lipinski definition) is 12. The Morgan fingerprint density at radius 3 is 0.640 bits per heavy atom. The van der Waals surface area contributed by atoms with Crippen LogP contribution in [0.3, 0.4) is 0 Å². The van der Waals surface area contributed by atoms with Crippen molar-refractivity contribution in [2.45, 2.75) is 27.7 Å². The standard InChI is InChI=1S/4C2H7O3P.Ti/c4*1-2-5-6(3)4;/h4*6H,2H2,1H3,(H,3,4);/q;;;;+4/p-4. The average molecular weight is 484 g/mol. The first-order valence-electron chi connectivity index (χ1n) is 6.43. The third kappa shape index (κ3) is 77.6. The van der Waals surface area contributed by atoms with E-state index < -0.39 is 33.0 Å². The summed E-state index contributed by atoms with van der Waals surface area (Å²) in [4.78, 5) is 37.8. The quantitative estimate of drug-likeness (QED) is 0.304. The van der Waals surface area contributed by atoms with Gasteiger partial charge in [-0.05, 0) is 27.7 Å². The van der Waals surface area contributed by atoms with Crippen LogP contribution in [0, 0.1) is 0 Å². The summed E-state index contributed by atoms with van der Waals surface area (Å²) in [6, 6.07) is 0. The van der Waals surface area contributed by atoms with Crippen LogP contribution in [-0.2, 0) is 58.1 Å². The minimum Gasteiger partial charge on any atom is -0.781 e. The molecule has 4 atom stereocenters. The van der Waals surface area contributed by atoms with Crippen molar-refractivity contribution >= 4 is 33.0 Å². The summed E-state index contributed by atoms with van der Waals surface area (Å²) < 4.78 is 53.9. The van der Waals surface area contributed by atoms with Crippen LogP contribution in [0.25, 0.3) is 0 Å². The van der Waals surface area contributed by atoms with Gasteiger partial charge in [0.25, 0.3) is 0 Å². The monoisotopic (exact) mass is 484 g/mol. The average Bonchev–Trinajstić information content (AvgIpc) is 2.39. The van der Waals surface area contributed by atoms with E-state index in [0.717, 1.165) is 0 Å². The molecule has 0 aromatic heterocycles. The molecule has 0 fully saturated rings. The van der Waals surface area contributed by atoms with Gasteiger partial charge in [-0.15, -0.1) is 0 Å². The maximum Gasteiger partial charge on any atom is 4.00 e. The van der Waals surface area contributed by atoms with Crippen LogP contribution >= 0.6 is 33.0 Å². The Kier molecular flexibility index (Phi) is 48.9. The molecule has 0 aliphatic rings. The first-order chi connectivity index (χ1) is 11.1. The van der Waals surface area contributed by atoms with Crippen molar-refractivity contribution in [2.24, 2.45) is 0 Å². The molecule has 0 aliphatic heterocycles. The molecule has 152 valence electrons. The molecule has 0 heterocycles. The van der Waals surface area contributed by atoms with Gasteiger partial charge in [-0.2, -0.15) is 0 Å². The van der Waals surface area contributed by atoms with Gasteiger partial charge in [-0.1, -0.05) is 0 Å². The molecule has 12 nitrogen and oxygen atoms in total. The largest absolute Gasteiger partial charge is 4.00 e. The Morgan fingerprint density at radius 1 is 0.520 bits per heavy atom. The molecular formula is C8H24O12P4Ti. The Hall–Kier alpha value is 1.31. The molecule has 0 rings (SSSR count). The summed E-state index contributed by atoms with van der Waals surface area (Å²) in [5.41, 5.74) is 0. The van der Waals surface area contributed by atoms with E-state index in [1.54, 1.807) is 27.7 Å².